The number of nitrogens with zero attached hydrogens (tertiary/aromatic N) is 1. The Morgan fingerprint density at radius 1 is 0.842 bits per heavy atom. The minimum atomic E-state index is -0.693. The maximum Gasteiger partial charge on any atom is 0.127 e. The molecule has 6 rings (SSSR count). The van der Waals surface area contributed by atoms with E-state index in [1.54, 1.807) is 6.07 Å². The first kappa shape index (κ1) is 24.8. The number of hydrogen-bond acceptors (Lipinski definition) is 4. The summed E-state index contributed by atoms with van der Waals surface area (Å²) in [5.41, 5.74) is 4.22. The zero-order valence-corrected chi connectivity index (χ0v) is 21.3. The van der Waals surface area contributed by atoms with Gasteiger partial charge >= 0.3 is 0 Å². The Balaban J connectivity index is 1.35. The van der Waals surface area contributed by atoms with E-state index in [9.17, 15) is 9.50 Å². The predicted octanol–water partition coefficient (Wildman–Crippen LogP) is 5.88. The standard InChI is InChI=1S/C33H32FNO3/c34-29-17-19-31(32-28(29)16-18-30(32)36)38-23-27-22-35(20-21-37-27)33(24-10-4-1-5-11-24,25-12-6-2-7-13-25)26-14-8-3-9-15-26/h1-15,17,19,27,30,36H,16,18,20-23H2. The summed E-state index contributed by atoms with van der Waals surface area (Å²) in [5, 5.41) is 10.5. The molecule has 0 spiro atoms. The highest BCUT2D eigenvalue weighted by atomic mass is 19.1. The highest BCUT2D eigenvalue weighted by Gasteiger charge is 2.44. The van der Waals surface area contributed by atoms with Crippen molar-refractivity contribution < 1.29 is 19.0 Å². The number of halogens is 1. The largest absolute Gasteiger partial charge is 0.490 e. The second-order valence-corrected chi connectivity index (χ2v) is 10.1. The van der Waals surface area contributed by atoms with Crippen LogP contribution < -0.4 is 4.74 Å². The number of fused-ring (bicyclic) bond motifs is 1. The Kier molecular flexibility index (Phi) is 6.98. The zero-order valence-electron chi connectivity index (χ0n) is 21.3. The van der Waals surface area contributed by atoms with Crippen LogP contribution in [0.15, 0.2) is 103 Å². The molecule has 1 aliphatic heterocycles. The van der Waals surface area contributed by atoms with Crippen molar-refractivity contribution in [2.45, 2.75) is 30.6 Å². The van der Waals surface area contributed by atoms with Crippen LogP contribution in [0.3, 0.4) is 0 Å². The topological polar surface area (TPSA) is 41.9 Å². The number of hydrogen-bond donors (Lipinski definition) is 1. The van der Waals surface area contributed by atoms with Crippen molar-refractivity contribution in [2.75, 3.05) is 26.3 Å². The smallest absolute Gasteiger partial charge is 0.127 e. The lowest BCUT2D eigenvalue weighted by Crippen LogP contribution is -2.56. The first-order valence-electron chi connectivity index (χ1n) is 13.3. The van der Waals surface area contributed by atoms with Crippen molar-refractivity contribution >= 4 is 0 Å². The molecule has 2 unspecified atom stereocenters. The SMILES string of the molecule is OC1CCc2c(F)ccc(OCC3CN(C(c4ccccc4)(c4ccccc4)c4ccccc4)CCO3)c21. The van der Waals surface area contributed by atoms with E-state index in [1.807, 2.05) is 0 Å². The van der Waals surface area contributed by atoms with Crippen molar-refractivity contribution in [3.8, 4) is 5.75 Å². The quantitative estimate of drug-likeness (QED) is 0.316. The molecule has 1 saturated heterocycles. The summed E-state index contributed by atoms with van der Waals surface area (Å²) in [6.07, 6.45) is 0.162. The second-order valence-electron chi connectivity index (χ2n) is 10.1. The van der Waals surface area contributed by atoms with Gasteiger partial charge in [0.1, 0.15) is 24.3 Å². The molecule has 1 fully saturated rings. The van der Waals surface area contributed by atoms with Gasteiger partial charge in [-0.05, 0) is 47.2 Å². The summed E-state index contributed by atoms with van der Waals surface area (Å²) in [6.45, 7) is 2.27. The molecule has 2 aliphatic rings. The van der Waals surface area contributed by atoms with Crippen LogP contribution in [0.25, 0.3) is 0 Å². The van der Waals surface area contributed by atoms with Gasteiger partial charge in [-0.3, -0.25) is 4.90 Å². The molecule has 2 atom stereocenters. The van der Waals surface area contributed by atoms with Gasteiger partial charge < -0.3 is 14.6 Å². The van der Waals surface area contributed by atoms with Gasteiger partial charge in [-0.25, -0.2) is 4.39 Å². The van der Waals surface area contributed by atoms with Crippen molar-refractivity contribution in [2.24, 2.45) is 0 Å². The molecule has 4 nitrogen and oxygen atoms in total. The average Bonchev–Trinajstić information content (AvgIpc) is 3.38. The normalized spacial score (nSPS) is 19.7. The molecule has 0 aromatic heterocycles. The first-order chi connectivity index (χ1) is 18.7. The Morgan fingerprint density at radius 2 is 1.42 bits per heavy atom. The molecular weight excluding hydrogens is 477 g/mol. The maximum absolute atomic E-state index is 14.3. The van der Waals surface area contributed by atoms with Crippen molar-refractivity contribution in [3.63, 3.8) is 0 Å². The fourth-order valence-corrected chi connectivity index (χ4v) is 6.18. The molecule has 1 aliphatic carbocycles. The number of aliphatic hydroxyl groups excluding tert-OH is 1. The van der Waals surface area contributed by atoms with Gasteiger partial charge in [0.05, 0.1) is 18.2 Å². The van der Waals surface area contributed by atoms with Crippen LogP contribution >= 0.6 is 0 Å². The van der Waals surface area contributed by atoms with Gasteiger partial charge in [-0.1, -0.05) is 91.0 Å². The van der Waals surface area contributed by atoms with Gasteiger partial charge in [-0.2, -0.15) is 0 Å². The van der Waals surface area contributed by atoms with Crippen LogP contribution in [-0.2, 0) is 16.7 Å². The molecule has 4 aromatic carbocycles. The van der Waals surface area contributed by atoms with Gasteiger partial charge in [0.25, 0.3) is 0 Å². The highest BCUT2D eigenvalue weighted by Crippen LogP contribution is 2.43. The molecule has 194 valence electrons. The molecule has 0 saturated carbocycles. The lowest BCUT2D eigenvalue weighted by atomic mass is 9.75. The molecule has 0 bridgehead atoms. The van der Waals surface area contributed by atoms with E-state index in [4.69, 9.17) is 9.47 Å². The molecular formula is C33H32FNO3. The van der Waals surface area contributed by atoms with Crippen molar-refractivity contribution in [1.29, 1.82) is 0 Å². The van der Waals surface area contributed by atoms with E-state index in [1.165, 1.54) is 22.8 Å². The van der Waals surface area contributed by atoms with Crippen LogP contribution in [0.4, 0.5) is 4.39 Å². The number of benzene rings is 4. The molecule has 1 N–H and O–H groups in total. The van der Waals surface area contributed by atoms with Crippen LogP contribution in [0.5, 0.6) is 5.75 Å². The maximum atomic E-state index is 14.3. The van der Waals surface area contributed by atoms with E-state index in [-0.39, 0.29) is 11.9 Å². The Bertz CT molecular complexity index is 1270. The minimum Gasteiger partial charge on any atom is -0.490 e. The second kappa shape index (κ2) is 10.7. The average molecular weight is 510 g/mol. The summed E-state index contributed by atoms with van der Waals surface area (Å²) >= 11 is 0. The van der Waals surface area contributed by atoms with Gasteiger partial charge in [0.15, 0.2) is 0 Å². The molecule has 0 amide bonds. The third kappa shape index (κ3) is 4.41. The highest BCUT2D eigenvalue weighted by molar-refractivity contribution is 5.50. The minimum absolute atomic E-state index is 0.196. The van der Waals surface area contributed by atoms with E-state index in [0.717, 1.165) is 6.54 Å². The predicted molar refractivity (Wildman–Crippen MR) is 146 cm³/mol. The number of ether oxygens (including phenoxy) is 2. The fourth-order valence-electron chi connectivity index (χ4n) is 6.18. The van der Waals surface area contributed by atoms with Crippen LogP contribution in [-0.4, -0.2) is 42.4 Å². The van der Waals surface area contributed by atoms with Gasteiger partial charge in [0, 0.05) is 18.7 Å². The molecule has 1 heterocycles. The van der Waals surface area contributed by atoms with E-state index in [0.29, 0.717) is 49.5 Å². The lowest BCUT2D eigenvalue weighted by molar-refractivity contribution is -0.0697. The third-order valence-electron chi connectivity index (χ3n) is 7.87. The van der Waals surface area contributed by atoms with E-state index >= 15 is 0 Å². The summed E-state index contributed by atoms with van der Waals surface area (Å²) in [6, 6.07) is 35.0. The van der Waals surface area contributed by atoms with Crippen LogP contribution in [0, 0.1) is 5.82 Å². The summed E-state index contributed by atoms with van der Waals surface area (Å²) in [5.74, 6) is 0.273. The lowest BCUT2D eigenvalue weighted by Gasteiger charge is -2.48. The Labute approximate surface area is 223 Å². The van der Waals surface area contributed by atoms with Crippen LogP contribution in [0.2, 0.25) is 0 Å². The first-order valence-corrected chi connectivity index (χ1v) is 13.3. The van der Waals surface area contributed by atoms with E-state index in [2.05, 4.69) is 95.9 Å². The fraction of sp³-hybridized carbons (Fsp3) is 0.273. The van der Waals surface area contributed by atoms with Crippen molar-refractivity contribution in [3.05, 3.63) is 137 Å². The number of morpholine rings is 1. The molecule has 38 heavy (non-hydrogen) atoms. The summed E-state index contributed by atoms with van der Waals surface area (Å²) in [4.78, 5) is 2.49. The number of aliphatic hydroxyl groups is 1. The molecule has 0 radical (unpaired) electrons. The van der Waals surface area contributed by atoms with Crippen molar-refractivity contribution in [1.82, 2.24) is 4.90 Å². The summed E-state index contributed by atoms with van der Waals surface area (Å²) < 4.78 is 26.7. The Morgan fingerprint density at radius 3 is 2.00 bits per heavy atom. The zero-order chi connectivity index (χ0) is 26.0. The van der Waals surface area contributed by atoms with Crippen LogP contribution in [0.1, 0.15) is 40.3 Å². The summed E-state index contributed by atoms with van der Waals surface area (Å²) in [7, 11) is 0. The number of rotatable bonds is 7. The van der Waals surface area contributed by atoms with E-state index < -0.39 is 11.6 Å². The van der Waals surface area contributed by atoms with Gasteiger partial charge in [0.2, 0.25) is 0 Å². The third-order valence-corrected chi connectivity index (χ3v) is 7.87. The monoisotopic (exact) mass is 509 g/mol. The molecule has 5 heteroatoms. The van der Waals surface area contributed by atoms with Gasteiger partial charge in [-0.15, -0.1) is 0 Å². The molecule has 4 aromatic rings. The Hall–Kier alpha value is -3.51.